The summed E-state index contributed by atoms with van der Waals surface area (Å²) in [4.78, 5) is 17.8. The highest BCUT2D eigenvalue weighted by Crippen LogP contribution is 2.34. The Morgan fingerprint density at radius 2 is 2.04 bits per heavy atom. The summed E-state index contributed by atoms with van der Waals surface area (Å²) < 4.78 is 5.38. The Bertz CT molecular complexity index is 819. The predicted molar refractivity (Wildman–Crippen MR) is 103 cm³/mol. The van der Waals surface area contributed by atoms with E-state index in [0.717, 1.165) is 29.6 Å². The molecule has 0 saturated carbocycles. The molecule has 2 aromatic rings. The lowest BCUT2D eigenvalue weighted by Gasteiger charge is -2.29. The second kappa shape index (κ2) is 8.03. The van der Waals surface area contributed by atoms with E-state index in [1.807, 2.05) is 31.2 Å². The molecule has 0 radical (unpaired) electrons. The molecule has 1 atom stereocenters. The average molecular weight is 357 g/mol. The van der Waals surface area contributed by atoms with Crippen LogP contribution in [0.25, 0.3) is 16.5 Å². The summed E-state index contributed by atoms with van der Waals surface area (Å²) in [5, 5.41) is 12.0. The summed E-state index contributed by atoms with van der Waals surface area (Å²) in [6, 6.07) is 7.78. The number of carbonyl (C=O) groups excluding carboxylic acids is 1. The SMILES string of the molecule is CC/C(N)=C(\C(C)=O)c1[nH]c2ccccc2c1C(O)CN1CCOCC1. The largest absolute Gasteiger partial charge is 0.401 e. The van der Waals surface area contributed by atoms with Gasteiger partial charge in [0.15, 0.2) is 5.78 Å². The van der Waals surface area contributed by atoms with Crippen molar-refractivity contribution in [3.8, 4) is 0 Å². The Morgan fingerprint density at radius 1 is 1.35 bits per heavy atom. The molecule has 1 aliphatic rings. The molecule has 3 rings (SSSR count). The second-order valence-electron chi connectivity index (χ2n) is 6.70. The highest BCUT2D eigenvalue weighted by molar-refractivity contribution is 6.21. The molecule has 2 heterocycles. The van der Waals surface area contributed by atoms with Crippen LogP contribution in [0.2, 0.25) is 0 Å². The van der Waals surface area contributed by atoms with Gasteiger partial charge in [-0.3, -0.25) is 9.69 Å². The van der Waals surface area contributed by atoms with Gasteiger partial charge in [-0.15, -0.1) is 0 Å². The fourth-order valence-corrected chi connectivity index (χ4v) is 3.57. The zero-order valence-electron chi connectivity index (χ0n) is 15.4. The first-order valence-electron chi connectivity index (χ1n) is 9.11. The van der Waals surface area contributed by atoms with Crippen LogP contribution < -0.4 is 5.73 Å². The highest BCUT2D eigenvalue weighted by Gasteiger charge is 2.26. The third-order valence-corrected chi connectivity index (χ3v) is 4.92. The number of allylic oxidation sites excluding steroid dienone is 2. The number of aliphatic hydroxyl groups is 1. The van der Waals surface area contributed by atoms with Crippen LogP contribution >= 0.6 is 0 Å². The van der Waals surface area contributed by atoms with Crippen molar-refractivity contribution in [2.45, 2.75) is 26.4 Å². The van der Waals surface area contributed by atoms with Crippen molar-refractivity contribution in [2.75, 3.05) is 32.8 Å². The maximum atomic E-state index is 12.3. The van der Waals surface area contributed by atoms with Gasteiger partial charge < -0.3 is 20.6 Å². The maximum absolute atomic E-state index is 12.3. The van der Waals surface area contributed by atoms with Crippen molar-refractivity contribution in [2.24, 2.45) is 5.73 Å². The number of H-pyrrole nitrogens is 1. The van der Waals surface area contributed by atoms with E-state index in [4.69, 9.17) is 10.5 Å². The molecule has 1 unspecified atom stereocenters. The number of ketones is 1. The number of aromatic nitrogens is 1. The average Bonchev–Trinajstić information content (AvgIpc) is 3.01. The molecule has 4 N–H and O–H groups in total. The van der Waals surface area contributed by atoms with Gasteiger partial charge in [0, 0.05) is 41.8 Å². The van der Waals surface area contributed by atoms with Crippen LogP contribution in [0.4, 0.5) is 0 Å². The van der Waals surface area contributed by atoms with E-state index >= 15 is 0 Å². The van der Waals surface area contributed by atoms with Gasteiger partial charge in [0.1, 0.15) is 0 Å². The summed E-state index contributed by atoms with van der Waals surface area (Å²) in [5.74, 6) is -0.101. The first-order valence-corrected chi connectivity index (χ1v) is 9.11. The summed E-state index contributed by atoms with van der Waals surface area (Å²) in [6.45, 7) is 6.87. The van der Waals surface area contributed by atoms with Crippen molar-refractivity contribution in [3.63, 3.8) is 0 Å². The standard InChI is InChI=1S/C20H27N3O3/c1-3-15(21)18(13(2)24)20-19(14-6-4-5-7-16(14)22-20)17(25)12-23-8-10-26-11-9-23/h4-7,17,22,25H,3,8-12,21H2,1-2H3/b18-15-. The monoisotopic (exact) mass is 357 g/mol. The second-order valence-corrected chi connectivity index (χ2v) is 6.70. The van der Waals surface area contributed by atoms with Crippen molar-refractivity contribution < 1.29 is 14.6 Å². The number of benzene rings is 1. The Morgan fingerprint density at radius 3 is 2.69 bits per heavy atom. The van der Waals surface area contributed by atoms with Crippen LogP contribution in [-0.2, 0) is 9.53 Å². The summed E-state index contributed by atoms with van der Waals surface area (Å²) in [5.41, 5.74) is 9.43. The van der Waals surface area contributed by atoms with Gasteiger partial charge in [0.05, 0.1) is 30.6 Å². The molecule has 1 aliphatic heterocycles. The minimum atomic E-state index is -0.724. The molecule has 6 nitrogen and oxygen atoms in total. The number of ether oxygens (including phenoxy) is 1. The Hall–Kier alpha value is -2.15. The number of rotatable bonds is 6. The molecular weight excluding hydrogens is 330 g/mol. The molecule has 1 fully saturated rings. The number of fused-ring (bicyclic) bond motifs is 1. The number of nitrogens with zero attached hydrogens (tertiary/aromatic N) is 1. The highest BCUT2D eigenvalue weighted by atomic mass is 16.5. The molecule has 1 saturated heterocycles. The third kappa shape index (κ3) is 3.67. The van der Waals surface area contributed by atoms with Gasteiger partial charge >= 0.3 is 0 Å². The minimum Gasteiger partial charge on any atom is -0.401 e. The van der Waals surface area contributed by atoms with E-state index in [2.05, 4.69) is 9.88 Å². The zero-order chi connectivity index (χ0) is 18.7. The molecule has 1 aromatic carbocycles. The van der Waals surface area contributed by atoms with Crippen molar-refractivity contribution >= 4 is 22.3 Å². The van der Waals surface area contributed by atoms with Crippen LogP contribution in [0.3, 0.4) is 0 Å². The lowest BCUT2D eigenvalue weighted by atomic mass is 9.96. The predicted octanol–water partition coefficient (Wildman–Crippen LogP) is 2.20. The van der Waals surface area contributed by atoms with Gasteiger partial charge in [-0.25, -0.2) is 0 Å². The Balaban J connectivity index is 2.08. The molecule has 26 heavy (non-hydrogen) atoms. The van der Waals surface area contributed by atoms with Crippen LogP contribution in [0.15, 0.2) is 30.0 Å². The van der Waals surface area contributed by atoms with Gasteiger partial charge in [0.2, 0.25) is 0 Å². The number of aromatic amines is 1. The molecule has 140 valence electrons. The summed E-state index contributed by atoms with van der Waals surface area (Å²) in [6.07, 6.45) is -0.151. The van der Waals surface area contributed by atoms with E-state index in [9.17, 15) is 9.90 Å². The number of carbonyl (C=O) groups is 1. The number of β-amino-alcohol motifs (C(OH)–C–C–N with tert-alkyl or cyclic N) is 1. The number of morpholine rings is 1. The van der Waals surface area contributed by atoms with Crippen LogP contribution in [0.1, 0.15) is 37.6 Å². The maximum Gasteiger partial charge on any atom is 0.163 e. The molecular formula is C20H27N3O3. The quantitative estimate of drug-likeness (QED) is 0.690. The third-order valence-electron chi connectivity index (χ3n) is 4.92. The Kier molecular flexibility index (Phi) is 5.76. The van der Waals surface area contributed by atoms with Crippen LogP contribution in [-0.4, -0.2) is 53.6 Å². The molecule has 0 spiro atoms. The number of Topliss-reactive ketones (excluding diaryl/α,β-unsaturated/α-hetero) is 1. The summed E-state index contributed by atoms with van der Waals surface area (Å²) >= 11 is 0. The van der Waals surface area contributed by atoms with Crippen molar-refractivity contribution in [1.29, 1.82) is 0 Å². The van der Waals surface area contributed by atoms with E-state index in [1.54, 1.807) is 0 Å². The molecule has 0 bridgehead atoms. The lowest BCUT2D eigenvalue weighted by Crippen LogP contribution is -2.39. The van der Waals surface area contributed by atoms with E-state index < -0.39 is 6.10 Å². The smallest absolute Gasteiger partial charge is 0.163 e. The number of aliphatic hydroxyl groups excluding tert-OH is 1. The first kappa shape index (κ1) is 18.6. The Labute approximate surface area is 153 Å². The van der Waals surface area contributed by atoms with Crippen molar-refractivity contribution in [1.82, 2.24) is 9.88 Å². The number of hydrogen-bond acceptors (Lipinski definition) is 5. The minimum absolute atomic E-state index is 0.101. The molecule has 1 aromatic heterocycles. The number of nitrogens with one attached hydrogen (secondary N) is 1. The fraction of sp³-hybridized carbons (Fsp3) is 0.450. The van der Waals surface area contributed by atoms with E-state index in [-0.39, 0.29) is 5.78 Å². The van der Waals surface area contributed by atoms with Crippen LogP contribution in [0.5, 0.6) is 0 Å². The number of nitrogens with two attached hydrogens (primary N) is 1. The van der Waals surface area contributed by atoms with E-state index in [0.29, 0.717) is 43.1 Å². The molecule has 6 heteroatoms. The van der Waals surface area contributed by atoms with Crippen LogP contribution in [0, 0.1) is 0 Å². The first-order chi connectivity index (χ1) is 12.5. The number of para-hydroxylation sites is 1. The normalized spacial score (nSPS) is 18.0. The van der Waals surface area contributed by atoms with Gasteiger partial charge in [-0.2, -0.15) is 0 Å². The topological polar surface area (TPSA) is 91.6 Å². The summed E-state index contributed by atoms with van der Waals surface area (Å²) in [7, 11) is 0. The molecule has 0 aliphatic carbocycles. The fourth-order valence-electron chi connectivity index (χ4n) is 3.57. The zero-order valence-corrected chi connectivity index (χ0v) is 15.4. The lowest BCUT2D eigenvalue weighted by molar-refractivity contribution is -0.111. The van der Waals surface area contributed by atoms with Crippen molar-refractivity contribution in [3.05, 3.63) is 41.2 Å². The van der Waals surface area contributed by atoms with E-state index in [1.165, 1.54) is 6.92 Å². The molecule has 0 amide bonds. The number of hydrogen-bond donors (Lipinski definition) is 3. The van der Waals surface area contributed by atoms with Gasteiger partial charge in [0.25, 0.3) is 0 Å². The van der Waals surface area contributed by atoms with Gasteiger partial charge in [-0.05, 0) is 19.4 Å². The van der Waals surface area contributed by atoms with Gasteiger partial charge in [-0.1, -0.05) is 25.1 Å².